The van der Waals surface area contributed by atoms with Gasteiger partial charge in [0.2, 0.25) is 0 Å². The minimum Gasteiger partial charge on any atom is -0.495 e. The molecule has 2 N–H and O–H groups in total. The Kier molecular flexibility index (Phi) is 3.18. The number of hydrogen-bond acceptors (Lipinski definition) is 3. The van der Waals surface area contributed by atoms with Crippen LogP contribution in [0.2, 0.25) is 0 Å². The van der Waals surface area contributed by atoms with E-state index in [9.17, 15) is 4.79 Å². The summed E-state index contributed by atoms with van der Waals surface area (Å²) in [6.07, 6.45) is 3.74. The summed E-state index contributed by atoms with van der Waals surface area (Å²) in [5.41, 5.74) is 6.96. The third kappa shape index (κ3) is 2.33. The number of aromatic nitrogens is 1. The molecule has 0 aliphatic rings. The van der Waals surface area contributed by atoms with Crippen molar-refractivity contribution < 1.29 is 14.3 Å². The Hall–Kier alpha value is -2.17. The van der Waals surface area contributed by atoms with Crippen LogP contribution in [0.3, 0.4) is 0 Å². The zero-order chi connectivity index (χ0) is 12.3. The number of fused-ring (bicyclic) bond motifs is 1. The molecule has 2 rings (SSSR count). The highest BCUT2D eigenvalue weighted by molar-refractivity contribution is 5.67. The first-order valence-corrected chi connectivity index (χ1v) is 5.27. The second kappa shape index (κ2) is 4.78. The van der Waals surface area contributed by atoms with Gasteiger partial charge in [-0.15, -0.1) is 0 Å². The first-order valence-electron chi connectivity index (χ1n) is 5.27. The highest BCUT2D eigenvalue weighted by atomic mass is 16.5. The molecule has 0 spiro atoms. The fraction of sp³-hybridized carbons (Fsp3) is 0.250. The van der Waals surface area contributed by atoms with Crippen molar-refractivity contribution in [1.82, 2.24) is 4.40 Å². The third-order valence-electron chi connectivity index (χ3n) is 2.56. The van der Waals surface area contributed by atoms with Crippen LogP contribution in [0, 0.1) is 0 Å². The monoisotopic (exact) mass is 234 g/mol. The number of amides is 1. The average molecular weight is 234 g/mol. The number of carbonyl (C=O) groups excluding carboxylic acids is 1. The summed E-state index contributed by atoms with van der Waals surface area (Å²) < 4.78 is 12.0. The van der Waals surface area contributed by atoms with E-state index in [0.717, 1.165) is 16.8 Å². The van der Waals surface area contributed by atoms with Crippen LogP contribution in [0.4, 0.5) is 4.79 Å². The molecule has 0 bridgehead atoms. The van der Waals surface area contributed by atoms with E-state index >= 15 is 0 Å². The summed E-state index contributed by atoms with van der Waals surface area (Å²) in [6.45, 7) is 0.271. The van der Waals surface area contributed by atoms with Gasteiger partial charge in [0, 0.05) is 18.8 Å². The fourth-order valence-corrected chi connectivity index (χ4v) is 1.83. The number of methoxy groups -OCH3 is 1. The molecule has 1 amide bonds. The molecular formula is C12H14N2O3. The Balaban J connectivity index is 2.25. The predicted octanol–water partition coefficient (Wildman–Crippen LogP) is 1.59. The van der Waals surface area contributed by atoms with Gasteiger partial charge in [0.15, 0.2) is 0 Å². The molecule has 5 nitrogen and oxygen atoms in total. The van der Waals surface area contributed by atoms with Crippen LogP contribution in [-0.4, -0.2) is 24.2 Å². The minimum atomic E-state index is -0.750. The maximum Gasteiger partial charge on any atom is 0.404 e. The quantitative estimate of drug-likeness (QED) is 0.873. The number of nitrogens with zero attached hydrogens (tertiary/aromatic N) is 1. The molecule has 90 valence electrons. The minimum absolute atomic E-state index is 0.271. The molecule has 2 aromatic heterocycles. The second-order valence-corrected chi connectivity index (χ2v) is 3.59. The number of pyridine rings is 1. The highest BCUT2D eigenvalue weighted by Gasteiger charge is 2.08. The number of hydrogen-bond donors (Lipinski definition) is 1. The van der Waals surface area contributed by atoms with Crippen LogP contribution < -0.4 is 10.5 Å². The Morgan fingerprint density at radius 1 is 1.41 bits per heavy atom. The molecule has 2 aromatic rings. The zero-order valence-electron chi connectivity index (χ0n) is 9.55. The molecule has 0 saturated heterocycles. The van der Waals surface area contributed by atoms with Crippen molar-refractivity contribution in [1.29, 1.82) is 0 Å². The summed E-state index contributed by atoms with van der Waals surface area (Å²) in [5.74, 6) is 0.798. The standard InChI is InChI=1S/C12H14N2O3/c1-16-10-3-2-6-14-7-4-9(11(10)14)5-8-17-12(13)15/h2-4,6-7H,5,8H2,1H3,(H2,13,15). The number of rotatable bonds is 4. The van der Waals surface area contributed by atoms with E-state index in [1.165, 1.54) is 0 Å². The molecule has 0 unspecified atom stereocenters. The van der Waals surface area contributed by atoms with E-state index in [-0.39, 0.29) is 6.61 Å². The van der Waals surface area contributed by atoms with E-state index in [1.54, 1.807) is 7.11 Å². The van der Waals surface area contributed by atoms with Crippen molar-refractivity contribution in [2.24, 2.45) is 5.73 Å². The first kappa shape index (κ1) is 11.3. The van der Waals surface area contributed by atoms with Gasteiger partial charge in [0.05, 0.1) is 19.2 Å². The number of primary amides is 1. The lowest BCUT2D eigenvalue weighted by atomic mass is 10.2. The highest BCUT2D eigenvalue weighted by Crippen LogP contribution is 2.24. The first-order chi connectivity index (χ1) is 8.22. The number of ether oxygens (including phenoxy) is 2. The van der Waals surface area contributed by atoms with Crippen molar-refractivity contribution in [3.05, 3.63) is 36.2 Å². The van der Waals surface area contributed by atoms with Crippen LogP contribution in [0.1, 0.15) is 5.56 Å². The lowest BCUT2D eigenvalue weighted by Gasteiger charge is -2.06. The van der Waals surface area contributed by atoms with Crippen molar-refractivity contribution in [3.63, 3.8) is 0 Å². The van der Waals surface area contributed by atoms with Gasteiger partial charge in [-0.3, -0.25) is 0 Å². The Morgan fingerprint density at radius 3 is 2.94 bits per heavy atom. The van der Waals surface area contributed by atoms with Gasteiger partial charge in [0.25, 0.3) is 0 Å². The summed E-state index contributed by atoms with van der Waals surface area (Å²) in [5, 5.41) is 0. The summed E-state index contributed by atoms with van der Waals surface area (Å²) >= 11 is 0. The van der Waals surface area contributed by atoms with E-state index in [0.29, 0.717) is 6.42 Å². The lowest BCUT2D eigenvalue weighted by molar-refractivity contribution is 0.158. The molecule has 17 heavy (non-hydrogen) atoms. The van der Waals surface area contributed by atoms with Crippen molar-refractivity contribution >= 4 is 11.6 Å². The SMILES string of the molecule is COc1cccn2ccc(CCOC(N)=O)c12. The number of nitrogens with two attached hydrogens (primary N) is 1. The predicted molar refractivity (Wildman–Crippen MR) is 63.2 cm³/mol. The van der Waals surface area contributed by atoms with Crippen molar-refractivity contribution in [2.75, 3.05) is 13.7 Å². The summed E-state index contributed by atoms with van der Waals surface area (Å²) in [7, 11) is 1.63. The Morgan fingerprint density at radius 2 is 2.24 bits per heavy atom. The van der Waals surface area contributed by atoms with Gasteiger partial charge in [0.1, 0.15) is 5.75 Å². The van der Waals surface area contributed by atoms with Crippen LogP contribution in [0.25, 0.3) is 5.52 Å². The molecule has 0 aliphatic heterocycles. The Bertz CT molecular complexity index is 534. The van der Waals surface area contributed by atoms with Gasteiger partial charge >= 0.3 is 6.09 Å². The normalized spacial score (nSPS) is 10.4. The van der Waals surface area contributed by atoms with Crippen molar-refractivity contribution in [3.8, 4) is 5.75 Å². The van der Waals surface area contributed by atoms with Crippen molar-refractivity contribution in [2.45, 2.75) is 6.42 Å². The van der Waals surface area contributed by atoms with Gasteiger partial charge < -0.3 is 19.6 Å². The van der Waals surface area contributed by atoms with E-state index in [2.05, 4.69) is 0 Å². The third-order valence-corrected chi connectivity index (χ3v) is 2.56. The van der Waals surface area contributed by atoms with Crippen LogP contribution in [-0.2, 0) is 11.2 Å². The Labute approximate surface area is 98.7 Å². The molecule has 2 heterocycles. The molecule has 0 atom stereocenters. The molecule has 0 fully saturated rings. The second-order valence-electron chi connectivity index (χ2n) is 3.59. The van der Waals surface area contributed by atoms with E-state index in [4.69, 9.17) is 15.2 Å². The lowest BCUT2D eigenvalue weighted by Crippen LogP contribution is -2.14. The fourth-order valence-electron chi connectivity index (χ4n) is 1.83. The van der Waals surface area contributed by atoms with Gasteiger partial charge in [-0.05, 0) is 23.8 Å². The molecule has 0 aromatic carbocycles. The van der Waals surface area contributed by atoms with Crippen LogP contribution in [0.15, 0.2) is 30.6 Å². The summed E-state index contributed by atoms with van der Waals surface area (Å²) in [4.78, 5) is 10.5. The van der Waals surface area contributed by atoms with E-state index < -0.39 is 6.09 Å². The maximum atomic E-state index is 10.5. The molecule has 0 radical (unpaired) electrons. The largest absolute Gasteiger partial charge is 0.495 e. The van der Waals surface area contributed by atoms with E-state index in [1.807, 2.05) is 35.0 Å². The van der Waals surface area contributed by atoms with Gasteiger partial charge in [-0.2, -0.15) is 0 Å². The molecule has 0 aliphatic carbocycles. The zero-order valence-corrected chi connectivity index (χ0v) is 9.55. The maximum absolute atomic E-state index is 10.5. The molecular weight excluding hydrogens is 220 g/mol. The molecule has 5 heteroatoms. The average Bonchev–Trinajstić information content (AvgIpc) is 2.72. The molecule has 0 saturated carbocycles. The topological polar surface area (TPSA) is 66.0 Å². The smallest absolute Gasteiger partial charge is 0.404 e. The summed E-state index contributed by atoms with van der Waals surface area (Å²) in [6, 6.07) is 5.78. The van der Waals surface area contributed by atoms with Gasteiger partial charge in [-0.25, -0.2) is 4.79 Å². The van der Waals surface area contributed by atoms with Crippen LogP contribution >= 0.6 is 0 Å². The van der Waals surface area contributed by atoms with Crippen LogP contribution in [0.5, 0.6) is 5.75 Å². The van der Waals surface area contributed by atoms with Gasteiger partial charge in [-0.1, -0.05) is 0 Å². The number of carbonyl (C=O) groups is 1.